The monoisotopic (exact) mass is 343 g/mol. The summed E-state index contributed by atoms with van der Waals surface area (Å²) in [5.74, 6) is -0.608. The average Bonchev–Trinajstić information content (AvgIpc) is 3.03. The fourth-order valence-corrected chi connectivity index (χ4v) is 2.10. The number of aromatic nitrogens is 2. The Labute approximate surface area is 141 Å². The van der Waals surface area contributed by atoms with Gasteiger partial charge in [-0.25, -0.2) is 9.02 Å². The second-order valence-electron chi connectivity index (χ2n) is 4.84. The van der Waals surface area contributed by atoms with Gasteiger partial charge in [0.2, 0.25) is 11.7 Å². The maximum Gasteiger partial charge on any atom is 0.249 e. The molecule has 0 unspecified atom stereocenters. The van der Waals surface area contributed by atoms with Gasteiger partial charge in [-0.1, -0.05) is 23.7 Å². The van der Waals surface area contributed by atoms with E-state index in [1.54, 1.807) is 30.3 Å². The zero-order valence-corrected chi connectivity index (χ0v) is 13.0. The number of benzene rings is 2. The molecular formula is C17H11ClFN3O2. The van der Waals surface area contributed by atoms with Gasteiger partial charge in [0.1, 0.15) is 5.82 Å². The number of anilines is 1. The molecule has 0 saturated heterocycles. The Morgan fingerprint density at radius 3 is 2.50 bits per heavy atom. The van der Waals surface area contributed by atoms with E-state index in [1.807, 2.05) is 0 Å². The molecule has 0 fully saturated rings. The minimum atomic E-state index is -0.399. The minimum absolute atomic E-state index is 0.160. The highest BCUT2D eigenvalue weighted by atomic mass is 35.5. The second-order valence-corrected chi connectivity index (χ2v) is 5.28. The Morgan fingerprint density at radius 2 is 1.79 bits per heavy atom. The molecule has 0 bridgehead atoms. The fourth-order valence-electron chi connectivity index (χ4n) is 1.97. The van der Waals surface area contributed by atoms with Crippen LogP contribution in [0.1, 0.15) is 5.56 Å². The molecule has 0 aliphatic heterocycles. The Balaban J connectivity index is 1.72. The van der Waals surface area contributed by atoms with Crippen LogP contribution in [-0.2, 0) is 4.79 Å². The summed E-state index contributed by atoms with van der Waals surface area (Å²) in [7, 11) is 0. The first-order chi connectivity index (χ1) is 11.6. The second kappa shape index (κ2) is 7.06. The van der Waals surface area contributed by atoms with Gasteiger partial charge in [0.25, 0.3) is 0 Å². The Hall–Kier alpha value is -2.99. The van der Waals surface area contributed by atoms with Crippen molar-refractivity contribution in [1.82, 2.24) is 10.3 Å². The number of nitrogens with zero attached hydrogens (tertiary/aromatic N) is 2. The van der Waals surface area contributed by atoms with E-state index in [2.05, 4.69) is 20.3 Å². The van der Waals surface area contributed by atoms with Crippen LogP contribution in [0.15, 0.2) is 59.2 Å². The highest BCUT2D eigenvalue weighted by Gasteiger charge is 2.14. The van der Waals surface area contributed by atoms with Gasteiger partial charge in [0, 0.05) is 16.7 Å². The van der Waals surface area contributed by atoms with Gasteiger partial charge >= 0.3 is 0 Å². The van der Waals surface area contributed by atoms with Gasteiger partial charge in [0.15, 0.2) is 5.69 Å². The molecule has 0 spiro atoms. The van der Waals surface area contributed by atoms with Gasteiger partial charge in [-0.15, -0.1) is 0 Å². The molecule has 1 N–H and O–H groups in total. The lowest BCUT2D eigenvalue weighted by Crippen LogP contribution is -2.09. The van der Waals surface area contributed by atoms with Crippen molar-refractivity contribution in [3.63, 3.8) is 0 Å². The molecule has 5 nitrogen and oxygen atoms in total. The maximum absolute atomic E-state index is 13.0. The van der Waals surface area contributed by atoms with Crippen LogP contribution in [0.3, 0.4) is 0 Å². The van der Waals surface area contributed by atoms with Crippen molar-refractivity contribution in [2.75, 3.05) is 5.32 Å². The molecule has 1 amide bonds. The molecule has 0 aliphatic carbocycles. The molecule has 3 aromatic rings. The predicted molar refractivity (Wildman–Crippen MR) is 88.8 cm³/mol. The smallest absolute Gasteiger partial charge is 0.249 e. The lowest BCUT2D eigenvalue weighted by Gasteiger charge is -2.00. The number of rotatable bonds is 4. The van der Waals surface area contributed by atoms with Crippen molar-refractivity contribution >= 4 is 29.4 Å². The van der Waals surface area contributed by atoms with Gasteiger partial charge in [-0.05, 0) is 58.4 Å². The first kappa shape index (κ1) is 15.9. The highest BCUT2D eigenvalue weighted by molar-refractivity contribution is 6.30. The van der Waals surface area contributed by atoms with Crippen molar-refractivity contribution in [3.05, 3.63) is 71.0 Å². The third kappa shape index (κ3) is 3.85. The van der Waals surface area contributed by atoms with Crippen LogP contribution in [0, 0.1) is 5.82 Å². The standard InChI is InChI=1S/C17H11ClFN3O2/c18-13-6-1-11(2-7-13)3-10-15(23)20-17-16(21-24-22-17)12-4-8-14(19)9-5-12/h1-10H,(H,20,22,23). The van der Waals surface area contributed by atoms with Gasteiger partial charge < -0.3 is 5.32 Å². The van der Waals surface area contributed by atoms with E-state index < -0.39 is 5.91 Å². The third-order valence-corrected chi connectivity index (χ3v) is 3.40. The normalized spacial score (nSPS) is 10.9. The first-order valence-electron chi connectivity index (χ1n) is 6.95. The number of amides is 1. The van der Waals surface area contributed by atoms with Crippen LogP contribution < -0.4 is 5.32 Å². The van der Waals surface area contributed by atoms with Gasteiger partial charge in [-0.3, -0.25) is 4.79 Å². The molecule has 0 saturated carbocycles. The van der Waals surface area contributed by atoms with Crippen LogP contribution in [0.25, 0.3) is 17.3 Å². The Kier molecular flexibility index (Phi) is 4.67. The van der Waals surface area contributed by atoms with Crippen LogP contribution in [0.2, 0.25) is 5.02 Å². The molecule has 7 heteroatoms. The summed E-state index contributed by atoms with van der Waals surface area (Å²) in [6, 6.07) is 12.6. The van der Waals surface area contributed by atoms with Crippen LogP contribution in [-0.4, -0.2) is 16.2 Å². The van der Waals surface area contributed by atoms with E-state index >= 15 is 0 Å². The fraction of sp³-hybridized carbons (Fsp3) is 0. The van der Waals surface area contributed by atoms with Gasteiger partial charge in [-0.2, -0.15) is 0 Å². The summed E-state index contributed by atoms with van der Waals surface area (Å²) in [6.07, 6.45) is 2.99. The number of nitrogens with one attached hydrogen (secondary N) is 1. The van der Waals surface area contributed by atoms with Crippen molar-refractivity contribution in [1.29, 1.82) is 0 Å². The maximum atomic E-state index is 13.0. The molecule has 0 atom stereocenters. The van der Waals surface area contributed by atoms with E-state index in [0.29, 0.717) is 16.3 Å². The summed E-state index contributed by atoms with van der Waals surface area (Å²) in [5.41, 5.74) is 1.73. The largest absolute Gasteiger partial charge is 0.302 e. The van der Waals surface area contributed by atoms with E-state index in [0.717, 1.165) is 5.56 Å². The average molecular weight is 344 g/mol. The van der Waals surface area contributed by atoms with Crippen LogP contribution in [0.5, 0.6) is 0 Å². The zero-order chi connectivity index (χ0) is 16.9. The summed E-state index contributed by atoms with van der Waals surface area (Å²) < 4.78 is 17.6. The van der Waals surface area contributed by atoms with Crippen molar-refractivity contribution in [2.24, 2.45) is 0 Å². The number of carbonyl (C=O) groups is 1. The van der Waals surface area contributed by atoms with E-state index in [4.69, 9.17) is 11.6 Å². The third-order valence-electron chi connectivity index (χ3n) is 3.14. The lowest BCUT2D eigenvalue weighted by atomic mass is 10.1. The number of hydrogen-bond acceptors (Lipinski definition) is 4. The molecule has 1 aromatic heterocycles. The van der Waals surface area contributed by atoms with Crippen molar-refractivity contribution in [2.45, 2.75) is 0 Å². The summed E-state index contributed by atoms with van der Waals surface area (Å²) in [4.78, 5) is 12.0. The van der Waals surface area contributed by atoms with Crippen LogP contribution >= 0.6 is 11.6 Å². The van der Waals surface area contributed by atoms with Crippen molar-refractivity contribution < 1.29 is 13.8 Å². The number of halogens is 2. The highest BCUT2D eigenvalue weighted by Crippen LogP contribution is 2.24. The lowest BCUT2D eigenvalue weighted by molar-refractivity contribution is -0.111. The van der Waals surface area contributed by atoms with Crippen molar-refractivity contribution in [3.8, 4) is 11.3 Å². The summed E-state index contributed by atoms with van der Waals surface area (Å²) in [5, 5.41) is 10.6. The summed E-state index contributed by atoms with van der Waals surface area (Å²) >= 11 is 5.80. The molecular weight excluding hydrogens is 333 g/mol. The number of carbonyl (C=O) groups excluding carboxylic acids is 1. The molecule has 0 aliphatic rings. The molecule has 2 aromatic carbocycles. The Bertz CT molecular complexity index is 874. The molecule has 24 heavy (non-hydrogen) atoms. The predicted octanol–water partition coefficient (Wildman–Crippen LogP) is 4.18. The SMILES string of the molecule is O=C(C=Cc1ccc(Cl)cc1)Nc1nonc1-c1ccc(F)cc1. The van der Waals surface area contributed by atoms with Crippen LogP contribution in [0.4, 0.5) is 10.2 Å². The summed E-state index contributed by atoms with van der Waals surface area (Å²) in [6.45, 7) is 0. The Morgan fingerprint density at radius 1 is 1.08 bits per heavy atom. The number of hydrogen-bond donors (Lipinski definition) is 1. The molecule has 0 radical (unpaired) electrons. The van der Waals surface area contributed by atoms with Gasteiger partial charge in [0.05, 0.1) is 0 Å². The van der Waals surface area contributed by atoms with E-state index in [-0.39, 0.29) is 11.6 Å². The molecule has 120 valence electrons. The molecule has 3 rings (SSSR count). The molecule has 1 heterocycles. The topological polar surface area (TPSA) is 68.0 Å². The minimum Gasteiger partial charge on any atom is -0.302 e. The zero-order valence-electron chi connectivity index (χ0n) is 12.2. The first-order valence-corrected chi connectivity index (χ1v) is 7.33. The van der Waals surface area contributed by atoms with E-state index in [9.17, 15) is 9.18 Å². The quantitative estimate of drug-likeness (QED) is 0.721. The van der Waals surface area contributed by atoms with E-state index in [1.165, 1.54) is 30.3 Å².